The van der Waals surface area contributed by atoms with Gasteiger partial charge in [0.25, 0.3) is 0 Å². The van der Waals surface area contributed by atoms with Crippen molar-refractivity contribution in [2.45, 2.75) is 20.0 Å². The van der Waals surface area contributed by atoms with Crippen molar-refractivity contribution in [3.63, 3.8) is 0 Å². The number of nitrogens with zero attached hydrogens (tertiary/aromatic N) is 2. The zero-order valence-electron chi connectivity index (χ0n) is 11.8. The van der Waals surface area contributed by atoms with E-state index in [-0.39, 0.29) is 11.5 Å². The number of hydrogen-bond acceptors (Lipinski definition) is 3. The highest BCUT2D eigenvalue weighted by molar-refractivity contribution is 5.73. The smallest absolute Gasteiger partial charge is 0.382 e. The van der Waals surface area contributed by atoms with Crippen LogP contribution in [0.25, 0.3) is 0 Å². The largest absolute Gasteiger partial charge is 0.417 e. The fourth-order valence-corrected chi connectivity index (χ4v) is 2.12. The zero-order valence-corrected chi connectivity index (χ0v) is 11.8. The Labute approximate surface area is 121 Å². The fourth-order valence-electron chi connectivity index (χ4n) is 2.12. The molecule has 0 fully saturated rings. The van der Waals surface area contributed by atoms with Gasteiger partial charge in [0, 0.05) is 18.4 Å². The number of aromatic nitrogens is 1. The average Bonchev–Trinajstić information content (AvgIpc) is 2.40. The second-order valence-electron chi connectivity index (χ2n) is 4.71. The van der Waals surface area contributed by atoms with Crippen LogP contribution in [0, 0.1) is 6.92 Å². The summed E-state index contributed by atoms with van der Waals surface area (Å²) < 4.78 is 38.5. The van der Waals surface area contributed by atoms with Gasteiger partial charge in [-0.25, -0.2) is 4.98 Å². The highest BCUT2D eigenvalue weighted by Crippen LogP contribution is 2.35. The summed E-state index contributed by atoms with van der Waals surface area (Å²) in [5.41, 5.74) is 7.02. The van der Waals surface area contributed by atoms with Crippen molar-refractivity contribution in [1.29, 1.82) is 0 Å². The minimum Gasteiger partial charge on any atom is -0.382 e. The fraction of sp³-hybridized carbons (Fsp3) is 0.267. The lowest BCUT2D eigenvalue weighted by atomic mass is 10.1. The average molecular weight is 295 g/mol. The summed E-state index contributed by atoms with van der Waals surface area (Å²) in [4.78, 5) is 5.39. The van der Waals surface area contributed by atoms with Gasteiger partial charge in [-0.3, -0.25) is 0 Å². The summed E-state index contributed by atoms with van der Waals surface area (Å²) in [7, 11) is 0. The van der Waals surface area contributed by atoms with Crippen molar-refractivity contribution in [1.82, 2.24) is 4.98 Å². The Morgan fingerprint density at radius 2 is 1.95 bits per heavy atom. The number of alkyl halides is 3. The van der Waals surface area contributed by atoms with Crippen LogP contribution in [-0.2, 0) is 6.18 Å². The standard InChI is InChI=1S/C15H16F3N3/c1-3-21(12-6-4-5-10(2)7-12)13-8-11(15(16,17)18)9-20-14(13)19/h4-9H,3H2,1-2H3,(H2,19,20). The Morgan fingerprint density at radius 3 is 2.52 bits per heavy atom. The zero-order chi connectivity index (χ0) is 15.6. The van der Waals surface area contributed by atoms with Gasteiger partial charge in [0.2, 0.25) is 0 Å². The molecule has 0 unspecified atom stereocenters. The van der Waals surface area contributed by atoms with Gasteiger partial charge in [0.15, 0.2) is 0 Å². The lowest BCUT2D eigenvalue weighted by Crippen LogP contribution is -2.19. The molecule has 6 heteroatoms. The second kappa shape index (κ2) is 5.63. The van der Waals surface area contributed by atoms with E-state index in [0.29, 0.717) is 6.54 Å². The third-order valence-electron chi connectivity index (χ3n) is 3.15. The van der Waals surface area contributed by atoms with Gasteiger partial charge in [0.1, 0.15) is 5.82 Å². The third kappa shape index (κ3) is 3.26. The van der Waals surface area contributed by atoms with Gasteiger partial charge < -0.3 is 10.6 Å². The van der Waals surface area contributed by atoms with Crippen LogP contribution in [0.4, 0.5) is 30.4 Å². The monoisotopic (exact) mass is 295 g/mol. The van der Waals surface area contributed by atoms with E-state index in [1.807, 2.05) is 38.1 Å². The summed E-state index contributed by atoms with van der Waals surface area (Å²) in [5, 5.41) is 0. The maximum atomic E-state index is 12.8. The maximum Gasteiger partial charge on any atom is 0.417 e. The summed E-state index contributed by atoms with van der Waals surface area (Å²) in [6.07, 6.45) is -3.69. The molecular weight excluding hydrogens is 279 g/mol. The van der Waals surface area contributed by atoms with Crippen LogP contribution in [0.1, 0.15) is 18.1 Å². The van der Waals surface area contributed by atoms with Crippen LogP contribution in [0.5, 0.6) is 0 Å². The number of rotatable bonds is 3. The Kier molecular flexibility index (Phi) is 4.06. The van der Waals surface area contributed by atoms with E-state index in [1.165, 1.54) is 0 Å². The molecule has 0 spiro atoms. The second-order valence-corrected chi connectivity index (χ2v) is 4.71. The summed E-state index contributed by atoms with van der Waals surface area (Å²) in [5.74, 6) is 0.0753. The molecule has 0 aliphatic rings. The van der Waals surface area contributed by atoms with Crippen LogP contribution >= 0.6 is 0 Å². The molecule has 1 aromatic carbocycles. The van der Waals surface area contributed by atoms with E-state index in [2.05, 4.69) is 4.98 Å². The molecule has 0 saturated carbocycles. The molecule has 0 aliphatic heterocycles. The molecule has 0 bridgehead atoms. The number of anilines is 3. The Bertz CT molecular complexity index is 638. The normalized spacial score (nSPS) is 11.5. The van der Waals surface area contributed by atoms with E-state index < -0.39 is 11.7 Å². The highest BCUT2D eigenvalue weighted by atomic mass is 19.4. The number of nitrogens with two attached hydrogens (primary N) is 1. The first-order chi connectivity index (χ1) is 9.82. The van der Waals surface area contributed by atoms with Crippen LogP contribution < -0.4 is 10.6 Å². The predicted molar refractivity (Wildman–Crippen MR) is 77.5 cm³/mol. The summed E-state index contributed by atoms with van der Waals surface area (Å²) in [6.45, 7) is 4.25. The first kappa shape index (κ1) is 15.2. The first-order valence-electron chi connectivity index (χ1n) is 6.50. The molecule has 2 aromatic rings. The van der Waals surface area contributed by atoms with E-state index in [0.717, 1.165) is 23.5 Å². The molecule has 0 amide bonds. The van der Waals surface area contributed by atoms with Gasteiger partial charge in [0.05, 0.1) is 11.3 Å². The molecule has 21 heavy (non-hydrogen) atoms. The van der Waals surface area contributed by atoms with Crippen molar-refractivity contribution < 1.29 is 13.2 Å². The van der Waals surface area contributed by atoms with Gasteiger partial charge in [-0.05, 0) is 37.6 Å². The van der Waals surface area contributed by atoms with Crippen molar-refractivity contribution in [3.8, 4) is 0 Å². The number of hydrogen-bond donors (Lipinski definition) is 1. The molecule has 0 aliphatic carbocycles. The topological polar surface area (TPSA) is 42.2 Å². The van der Waals surface area contributed by atoms with Crippen molar-refractivity contribution in [2.24, 2.45) is 0 Å². The minimum absolute atomic E-state index is 0.0753. The van der Waals surface area contributed by atoms with Crippen LogP contribution in [-0.4, -0.2) is 11.5 Å². The first-order valence-corrected chi connectivity index (χ1v) is 6.50. The lowest BCUT2D eigenvalue weighted by molar-refractivity contribution is -0.137. The Hall–Kier alpha value is -2.24. The molecule has 3 nitrogen and oxygen atoms in total. The van der Waals surface area contributed by atoms with Crippen molar-refractivity contribution >= 4 is 17.2 Å². The predicted octanol–water partition coefficient (Wildman–Crippen LogP) is 4.15. The number of aryl methyl sites for hydroxylation is 1. The molecule has 0 radical (unpaired) electrons. The number of pyridine rings is 1. The van der Waals surface area contributed by atoms with Gasteiger partial charge in [-0.15, -0.1) is 0 Å². The molecule has 112 valence electrons. The lowest BCUT2D eigenvalue weighted by Gasteiger charge is -2.25. The van der Waals surface area contributed by atoms with E-state index >= 15 is 0 Å². The summed E-state index contributed by atoms with van der Waals surface area (Å²) in [6, 6.07) is 8.53. The third-order valence-corrected chi connectivity index (χ3v) is 3.15. The van der Waals surface area contributed by atoms with Gasteiger partial charge in [-0.1, -0.05) is 12.1 Å². The van der Waals surface area contributed by atoms with Crippen LogP contribution in [0.2, 0.25) is 0 Å². The molecule has 0 saturated heterocycles. The van der Waals surface area contributed by atoms with Crippen LogP contribution in [0.15, 0.2) is 36.5 Å². The van der Waals surface area contributed by atoms with E-state index in [4.69, 9.17) is 5.73 Å². The minimum atomic E-state index is -4.44. The Morgan fingerprint density at radius 1 is 1.24 bits per heavy atom. The number of halogens is 3. The molecule has 1 heterocycles. The quantitative estimate of drug-likeness (QED) is 0.925. The molecule has 1 aromatic heterocycles. The summed E-state index contributed by atoms with van der Waals surface area (Å²) >= 11 is 0. The highest BCUT2D eigenvalue weighted by Gasteiger charge is 2.32. The van der Waals surface area contributed by atoms with Crippen molar-refractivity contribution in [2.75, 3.05) is 17.2 Å². The molecule has 0 atom stereocenters. The maximum absolute atomic E-state index is 12.8. The van der Waals surface area contributed by atoms with Gasteiger partial charge in [-0.2, -0.15) is 13.2 Å². The number of nitrogen functional groups attached to an aromatic ring is 1. The molecule has 2 N–H and O–H groups in total. The van der Waals surface area contributed by atoms with E-state index in [1.54, 1.807) is 4.90 Å². The van der Waals surface area contributed by atoms with Gasteiger partial charge >= 0.3 is 6.18 Å². The Balaban J connectivity index is 2.52. The van der Waals surface area contributed by atoms with E-state index in [9.17, 15) is 13.2 Å². The molecular formula is C15H16F3N3. The molecule has 2 rings (SSSR count). The SMILES string of the molecule is CCN(c1cccc(C)c1)c1cc(C(F)(F)F)cnc1N. The van der Waals surface area contributed by atoms with Crippen LogP contribution in [0.3, 0.4) is 0 Å². The number of benzene rings is 1. The van der Waals surface area contributed by atoms with Crippen molar-refractivity contribution in [3.05, 3.63) is 47.7 Å².